The molecule has 0 bridgehead atoms. The quantitative estimate of drug-likeness (QED) is 0.873. The molecule has 1 fully saturated rings. The summed E-state index contributed by atoms with van der Waals surface area (Å²) < 4.78 is 2.14. The topological polar surface area (TPSA) is 29.9 Å². The van der Waals surface area contributed by atoms with E-state index in [9.17, 15) is 0 Å². The van der Waals surface area contributed by atoms with E-state index in [-0.39, 0.29) is 0 Å². The van der Waals surface area contributed by atoms with Gasteiger partial charge in [0.2, 0.25) is 0 Å². The number of imidazole rings is 1. The van der Waals surface area contributed by atoms with Crippen LogP contribution in [0, 0.1) is 17.8 Å². The monoisotopic (exact) mass is 235 g/mol. The molecule has 0 radical (unpaired) electrons. The number of rotatable bonds is 3. The Balaban J connectivity index is 2.15. The highest BCUT2D eigenvalue weighted by molar-refractivity contribution is 5.02. The lowest BCUT2D eigenvalue weighted by atomic mass is 9.73. The van der Waals surface area contributed by atoms with Gasteiger partial charge in [-0.1, -0.05) is 13.8 Å². The van der Waals surface area contributed by atoms with Crippen molar-refractivity contribution in [2.24, 2.45) is 24.8 Å². The molecule has 3 atom stereocenters. The average Bonchev–Trinajstić information content (AvgIpc) is 2.65. The van der Waals surface area contributed by atoms with Gasteiger partial charge in [-0.15, -0.1) is 0 Å². The maximum absolute atomic E-state index is 4.51. The lowest BCUT2D eigenvalue weighted by molar-refractivity contribution is 0.175. The van der Waals surface area contributed by atoms with Crippen LogP contribution in [0.1, 0.15) is 45.0 Å². The molecule has 1 heterocycles. The van der Waals surface area contributed by atoms with E-state index in [4.69, 9.17) is 0 Å². The maximum Gasteiger partial charge on any atom is 0.125 e. The minimum atomic E-state index is 0.403. The van der Waals surface area contributed by atoms with Crippen molar-refractivity contribution in [3.8, 4) is 0 Å². The lowest BCUT2D eigenvalue weighted by Crippen LogP contribution is -2.33. The average molecular weight is 235 g/mol. The van der Waals surface area contributed by atoms with Crippen LogP contribution in [0.25, 0.3) is 0 Å². The van der Waals surface area contributed by atoms with Crippen molar-refractivity contribution in [1.29, 1.82) is 0 Å². The molecular formula is C14H25N3. The molecule has 1 aliphatic rings. The number of nitrogens with one attached hydrogen (secondary N) is 1. The SMILES string of the molecule is CNC(c1nccn1C)C1CC(C)CC(C)C1. The summed E-state index contributed by atoms with van der Waals surface area (Å²) in [5, 5.41) is 3.47. The Morgan fingerprint density at radius 3 is 2.41 bits per heavy atom. The van der Waals surface area contributed by atoms with Crippen molar-refractivity contribution in [1.82, 2.24) is 14.9 Å². The van der Waals surface area contributed by atoms with Gasteiger partial charge in [0.15, 0.2) is 0 Å². The highest BCUT2D eigenvalue weighted by Crippen LogP contribution is 2.39. The highest BCUT2D eigenvalue weighted by Gasteiger charge is 2.31. The molecule has 0 aromatic carbocycles. The fraction of sp³-hybridized carbons (Fsp3) is 0.786. The molecule has 2 rings (SSSR count). The van der Waals surface area contributed by atoms with Crippen LogP contribution in [0.2, 0.25) is 0 Å². The summed E-state index contributed by atoms with van der Waals surface area (Å²) in [5.41, 5.74) is 0. The van der Waals surface area contributed by atoms with Crippen LogP contribution in [0.3, 0.4) is 0 Å². The Labute approximate surface area is 105 Å². The van der Waals surface area contributed by atoms with E-state index in [1.807, 2.05) is 12.4 Å². The van der Waals surface area contributed by atoms with Gasteiger partial charge in [-0.3, -0.25) is 0 Å². The molecule has 1 aromatic rings. The second-order valence-electron chi connectivity index (χ2n) is 5.84. The van der Waals surface area contributed by atoms with E-state index in [1.165, 1.54) is 25.1 Å². The first-order chi connectivity index (χ1) is 8.11. The van der Waals surface area contributed by atoms with Crippen molar-refractivity contribution in [3.63, 3.8) is 0 Å². The van der Waals surface area contributed by atoms with Gasteiger partial charge in [-0.25, -0.2) is 4.98 Å². The second-order valence-corrected chi connectivity index (χ2v) is 5.84. The summed E-state index contributed by atoms with van der Waals surface area (Å²) in [5.74, 6) is 3.60. The Morgan fingerprint density at radius 2 is 1.94 bits per heavy atom. The molecule has 0 spiro atoms. The summed E-state index contributed by atoms with van der Waals surface area (Å²) in [7, 11) is 4.14. The first-order valence-electron chi connectivity index (χ1n) is 6.76. The molecule has 1 aromatic heterocycles. The Morgan fingerprint density at radius 1 is 1.29 bits per heavy atom. The van der Waals surface area contributed by atoms with Crippen LogP contribution in [0.5, 0.6) is 0 Å². The summed E-state index contributed by atoms with van der Waals surface area (Å²) >= 11 is 0. The lowest BCUT2D eigenvalue weighted by Gasteiger charge is -2.36. The van der Waals surface area contributed by atoms with Crippen LogP contribution in [0.15, 0.2) is 12.4 Å². The standard InChI is InChI=1S/C14H25N3/c1-10-7-11(2)9-12(8-10)13(15-3)14-16-5-6-17(14)4/h5-6,10-13,15H,7-9H2,1-4H3. The summed E-state index contributed by atoms with van der Waals surface area (Å²) in [6.07, 6.45) is 7.96. The summed E-state index contributed by atoms with van der Waals surface area (Å²) in [6.45, 7) is 4.77. The molecule has 0 saturated heterocycles. The fourth-order valence-corrected chi connectivity index (χ4v) is 3.53. The van der Waals surface area contributed by atoms with Crippen molar-refractivity contribution in [2.45, 2.75) is 39.2 Å². The van der Waals surface area contributed by atoms with Gasteiger partial charge in [0.1, 0.15) is 5.82 Å². The third kappa shape index (κ3) is 2.71. The van der Waals surface area contributed by atoms with Gasteiger partial charge in [-0.05, 0) is 44.1 Å². The van der Waals surface area contributed by atoms with Gasteiger partial charge >= 0.3 is 0 Å². The van der Waals surface area contributed by atoms with Gasteiger partial charge in [-0.2, -0.15) is 0 Å². The van der Waals surface area contributed by atoms with Crippen LogP contribution < -0.4 is 5.32 Å². The third-order valence-electron chi connectivity index (χ3n) is 4.13. The molecule has 96 valence electrons. The first-order valence-corrected chi connectivity index (χ1v) is 6.76. The largest absolute Gasteiger partial charge is 0.337 e. The molecule has 3 unspecified atom stereocenters. The Hall–Kier alpha value is -0.830. The first kappa shape index (κ1) is 12.6. The van der Waals surface area contributed by atoms with Crippen molar-refractivity contribution in [3.05, 3.63) is 18.2 Å². The number of aromatic nitrogens is 2. The van der Waals surface area contributed by atoms with Crippen molar-refractivity contribution in [2.75, 3.05) is 7.05 Å². The minimum Gasteiger partial charge on any atom is -0.337 e. The van der Waals surface area contributed by atoms with Crippen molar-refractivity contribution >= 4 is 0 Å². The second kappa shape index (κ2) is 5.21. The molecule has 0 amide bonds. The smallest absolute Gasteiger partial charge is 0.125 e. The van der Waals surface area contributed by atoms with E-state index in [2.05, 4.69) is 42.8 Å². The molecule has 3 nitrogen and oxygen atoms in total. The summed E-state index contributed by atoms with van der Waals surface area (Å²) in [6, 6.07) is 0.403. The number of hydrogen-bond donors (Lipinski definition) is 1. The molecule has 1 saturated carbocycles. The maximum atomic E-state index is 4.51. The molecule has 0 aliphatic heterocycles. The van der Waals surface area contributed by atoms with Crippen LogP contribution in [0.4, 0.5) is 0 Å². The van der Waals surface area contributed by atoms with E-state index in [0.29, 0.717) is 6.04 Å². The fourth-order valence-electron chi connectivity index (χ4n) is 3.53. The van der Waals surface area contributed by atoms with Crippen LogP contribution in [-0.2, 0) is 7.05 Å². The van der Waals surface area contributed by atoms with Gasteiger partial charge in [0.05, 0.1) is 6.04 Å². The van der Waals surface area contributed by atoms with E-state index < -0.39 is 0 Å². The van der Waals surface area contributed by atoms with Crippen LogP contribution >= 0.6 is 0 Å². The van der Waals surface area contributed by atoms with Gasteiger partial charge < -0.3 is 9.88 Å². The molecule has 17 heavy (non-hydrogen) atoms. The minimum absolute atomic E-state index is 0.403. The van der Waals surface area contributed by atoms with Crippen molar-refractivity contribution < 1.29 is 0 Å². The van der Waals surface area contributed by atoms with E-state index >= 15 is 0 Å². The molecule has 3 heteroatoms. The molecule has 1 aliphatic carbocycles. The third-order valence-corrected chi connectivity index (χ3v) is 4.13. The highest BCUT2D eigenvalue weighted by atomic mass is 15.1. The Bertz CT molecular complexity index is 348. The number of nitrogens with zero attached hydrogens (tertiary/aromatic N) is 2. The van der Waals surface area contributed by atoms with Gasteiger partial charge in [0, 0.05) is 19.4 Å². The zero-order valence-corrected chi connectivity index (χ0v) is 11.5. The molecular weight excluding hydrogens is 210 g/mol. The zero-order chi connectivity index (χ0) is 12.4. The summed E-state index contributed by atoms with van der Waals surface area (Å²) in [4.78, 5) is 4.51. The Kier molecular flexibility index (Phi) is 3.87. The molecule has 1 N–H and O–H groups in total. The van der Waals surface area contributed by atoms with Crippen LogP contribution in [-0.4, -0.2) is 16.6 Å². The van der Waals surface area contributed by atoms with E-state index in [0.717, 1.165) is 17.8 Å². The predicted molar refractivity (Wildman–Crippen MR) is 70.7 cm³/mol. The zero-order valence-electron chi connectivity index (χ0n) is 11.5. The number of hydrogen-bond acceptors (Lipinski definition) is 2. The number of aryl methyl sites for hydroxylation is 1. The normalized spacial score (nSPS) is 31.4. The predicted octanol–water partition coefficient (Wildman–Crippen LogP) is 2.75. The van der Waals surface area contributed by atoms with E-state index in [1.54, 1.807) is 0 Å². The van der Waals surface area contributed by atoms with Gasteiger partial charge in [0.25, 0.3) is 0 Å².